The summed E-state index contributed by atoms with van der Waals surface area (Å²) in [6.07, 6.45) is 5.04. The van der Waals surface area contributed by atoms with Crippen LogP contribution in [0, 0.1) is 19.2 Å². The summed E-state index contributed by atoms with van der Waals surface area (Å²) < 4.78 is 13.2. The second-order valence-electron chi connectivity index (χ2n) is 3.33. The van der Waals surface area contributed by atoms with Crippen molar-refractivity contribution in [2.75, 3.05) is 0 Å². The number of hydrogen-bond donors (Lipinski definition) is 0. The first kappa shape index (κ1) is 10.2. The van der Waals surface area contributed by atoms with E-state index in [4.69, 9.17) is 0 Å². The SMILES string of the molecule is CC[CH]CCc1cc(C)ccc1F. The molecule has 0 atom stereocenters. The zero-order valence-corrected chi connectivity index (χ0v) is 8.31. The van der Waals surface area contributed by atoms with E-state index in [9.17, 15) is 4.39 Å². The van der Waals surface area contributed by atoms with E-state index in [0.717, 1.165) is 30.4 Å². The molecule has 0 aliphatic carbocycles. The maximum absolute atomic E-state index is 13.2. The van der Waals surface area contributed by atoms with Gasteiger partial charge in [-0.1, -0.05) is 31.0 Å². The van der Waals surface area contributed by atoms with E-state index in [0.29, 0.717) is 0 Å². The quantitative estimate of drug-likeness (QED) is 0.618. The first-order chi connectivity index (χ1) is 6.24. The Morgan fingerprint density at radius 2 is 2.15 bits per heavy atom. The summed E-state index contributed by atoms with van der Waals surface area (Å²) in [5, 5.41) is 0. The smallest absolute Gasteiger partial charge is 0.126 e. The number of unbranched alkanes of at least 4 members (excludes halogenated alkanes) is 2. The molecule has 1 heteroatoms. The first-order valence-electron chi connectivity index (χ1n) is 4.80. The molecule has 0 aromatic heterocycles. The van der Waals surface area contributed by atoms with Crippen LogP contribution in [0.1, 0.15) is 30.9 Å². The van der Waals surface area contributed by atoms with Gasteiger partial charge in [-0.3, -0.25) is 0 Å². The minimum Gasteiger partial charge on any atom is -0.207 e. The standard InChI is InChI=1S/C12H16F/c1-3-4-5-6-11-9-10(2)7-8-12(11)13/h4,7-9H,3,5-6H2,1-2H3. The highest BCUT2D eigenvalue weighted by Gasteiger charge is 2.00. The lowest BCUT2D eigenvalue weighted by Gasteiger charge is -2.03. The largest absolute Gasteiger partial charge is 0.207 e. The molecule has 0 amide bonds. The van der Waals surface area contributed by atoms with Gasteiger partial charge >= 0.3 is 0 Å². The summed E-state index contributed by atoms with van der Waals surface area (Å²) in [5.74, 6) is -0.0740. The molecule has 0 aliphatic heterocycles. The van der Waals surface area contributed by atoms with Gasteiger partial charge in [0.15, 0.2) is 0 Å². The van der Waals surface area contributed by atoms with Crippen molar-refractivity contribution in [3.8, 4) is 0 Å². The van der Waals surface area contributed by atoms with Gasteiger partial charge < -0.3 is 0 Å². The minimum absolute atomic E-state index is 0.0740. The molecule has 0 saturated heterocycles. The van der Waals surface area contributed by atoms with Crippen molar-refractivity contribution in [3.05, 3.63) is 41.6 Å². The van der Waals surface area contributed by atoms with Crippen LogP contribution in [0.2, 0.25) is 0 Å². The van der Waals surface area contributed by atoms with Crippen molar-refractivity contribution < 1.29 is 4.39 Å². The molecular weight excluding hydrogens is 163 g/mol. The maximum atomic E-state index is 13.2. The molecular formula is C12H16F. The Bertz CT molecular complexity index is 266. The summed E-state index contributed by atoms with van der Waals surface area (Å²) in [6.45, 7) is 4.10. The summed E-state index contributed by atoms with van der Waals surface area (Å²) in [6, 6.07) is 5.29. The van der Waals surface area contributed by atoms with E-state index >= 15 is 0 Å². The Kier molecular flexibility index (Phi) is 3.94. The molecule has 0 fully saturated rings. The Morgan fingerprint density at radius 1 is 1.38 bits per heavy atom. The van der Waals surface area contributed by atoms with E-state index in [1.54, 1.807) is 6.07 Å². The molecule has 0 N–H and O–H groups in total. The molecule has 0 heterocycles. The van der Waals surface area contributed by atoms with Crippen molar-refractivity contribution in [3.63, 3.8) is 0 Å². The van der Waals surface area contributed by atoms with Crippen LogP contribution in [-0.2, 0) is 6.42 Å². The summed E-state index contributed by atoms with van der Waals surface area (Å²) in [7, 11) is 0. The van der Waals surface area contributed by atoms with Crippen LogP contribution in [0.4, 0.5) is 4.39 Å². The van der Waals surface area contributed by atoms with Gasteiger partial charge in [-0.05, 0) is 37.8 Å². The maximum Gasteiger partial charge on any atom is 0.126 e. The number of benzene rings is 1. The van der Waals surface area contributed by atoms with Crippen LogP contribution >= 0.6 is 0 Å². The third-order valence-electron chi connectivity index (χ3n) is 2.11. The van der Waals surface area contributed by atoms with Crippen LogP contribution in [0.3, 0.4) is 0 Å². The van der Waals surface area contributed by atoms with Gasteiger partial charge in [0.1, 0.15) is 5.82 Å². The van der Waals surface area contributed by atoms with Crippen molar-refractivity contribution in [1.29, 1.82) is 0 Å². The van der Waals surface area contributed by atoms with Crippen molar-refractivity contribution in [2.45, 2.75) is 33.1 Å². The molecule has 13 heavy (non-hydrogen) atoms. The van der Waals surface area contributed by atoms with Gasteiger partial charge in [-0.25, -0.2) is 4.39 Å². The summed E-state index contributed by atoms with van der Waals surface area (Å²) >= 11 is 0. The summed E-state index contributed by atoms with van der Waals surface area (Å²) in [4.78, 5) is 0. The fraction of sp³-hybridized carbons (Fsp3) is 0.417. The van der Waals surface area contributed by atoms with E-state index in [2.05, 4.69) is 13.3 Å². The average Bonchev–Trinajstić information content (AvgIpc) is 2.11. The Hall–Kier alpha value is -0.850. The van der Waals surface area contributed by atoms with Crippen LogP contribution in [-0.4, -0.2) is 0 Å². The highest BCUT2D eigenvalue weighted by atomic mass is 19.1. The van der Waals surface area contributed by atoms with Gasteiger partial charge in [0.05, 0.1) is 0 Å². The monoisotopic (exact) mass is 179 g/mol. The average molecular weight is 179 g/mol. The lowest BCUT2D eigenvalue weighted by atomic mass is 10.0. The third kappa shape index (κ3) is 3.17. The Labute approximate surface area is 79.8 Å². The number of aryl methyl sites for hydroxylation is 2. The molecule has 71 valence electrons. The summed E-state index contributed by atoms with van der Waals surface area (Å²) in [5.41, 5.74) is 1.97. The lowest BCUT2D eigenvalue weighted by molar-refractivity contribution is 0.607. The molecule has 1 radical (unpaired) electrons. The number of hydrogen-bond acceptors (Lipinski definition) is 0. The highest BCUT2D eigenvalue weighted by Crippen LogP contribution is 2.12. The van der Waals surface area contributed by atoms with E-state index < -0.39 is 0 Å². The normalized spacial score (nSPS) is 10.4. The van der Waals surface area contributed by atoms with Crippen LogP contribution in [0.5, 0.6) is 0 Å². The topological polar surface area (TPSA) is 0 Å². The number of rotatable bonds is 4. The van der Waals surface area contributed by atoms with Gasteiger partial charge in [0.2, 0.25) is 0 Å². The molecule has 1 rings (SSSR count). The van der Waals surface area contributed by atoms with E-state index in [1.807, 2.05) is 19.1 Å². The van der Waals surface area contributed by atoms with Crippen molar-refractivity contribution in [1.82, 2.24) is 0 Å². The van der Waals surface area contributed by atoms with Crippen molar-refractivity contribution in [2.24, 2.45) is 0 Å². The second kappa shape index (κ2) is 5.00. The Morgan fingerprint density at radius 3 is 2.85 bits per heavy atom. The fourth-order valence-corrected chi connectivity index (χ4v) is 1.36. The molecule has 1 aromatic carbocycles. The fourth-order valence-electron chi connectivity index (χ4n) is 1.36. The lowest BCUT2D eigenvalue weighted by Crippen LogP contribution is -1.91. The molecule has 0 nitrogen and oxygen atoms in total. The molecule has 1 aromatic rings. The molecule has 0 unspecified atom stereocenters. The number of halogens is 1. The molecule has 0 aliphatic rings. The zero-order valence-electron chi connectivity index (χ0n) is 8.31. The molecule has 0 saturated carbocycles. The van der Waals surface area contributed by atoms with E-state index in [-0.39, 0.29) is 5.82 Å². The predicted octanol–water partition coefficient (Wildman–Crippen LogP) is 3.68. The van der Waals surface area contributed by atoms with E-state index in [1.165, 1.54) is 0 Å². The van der Waals surface area contributed by atoms with Crippen molar-refractivity contribution >= 4 is 0 Å². The van der Waals surface area contributed by atoms with Gasteiger partial charge in [-0.15, -0.1) is 0 Å². The highest BCUT2D eigenvalue weighted by molar-refractivity contribution is 5.24. The minimum atomic E-state index is -0.0740. The van der Waals surface area contributed by atoms with Gasteiger partial charge in [-0.2, -0.15) is 0 Å². The zero-order chi connectivity index (χ0) is 9.68. The Balaban J connectivity index is 2.59. The first-order valence-corrected chi connectivity index (χ1v) is 4.80. The third-order valence-corrected chi connectivity index (χ3v) is 2.11. The second-order valence-corrected chi connectivity index (χ2v) is 3.33. The molecule has 0 bridgehead atoms. The van der Waals surface area contributed by atoms with Crippen LogP contribution < -0.4 is 0 Å². The molecule has 0 spiro atoms. The van der Waals surface area contributed by atoms with Crippen LogP contribution in [0.25, 0.3) is 0 Å². The van der Waals surface area contributed by atoms with Crippen LogP contribution in [0.15, 0.2) is 18.2 Å². The van der Waals surface area contributed by atoms with Gasteiger partial charge in [0, 0.05) is 0 Å². The predicted molar refractivity (Wildman–Crippen MR) is 54.0 cm³/mol. The van der Waals surface area contributed by atoms with Gasteiger partial charge in [0.25, 0.3) is 0 Å².